The molecule has 6 nitrogen and oxygen atoms in total. The van der Waals surface area contributed by atoms with Crippen LogP contribution in [0.3, 0.4) is 0 Å². The van der Waals surface area contributed by atoms with Crippen LogP contribution in [0, 0.1) is 5.95 Å². The van der Waals surface area contributed by atoms with E-state index in [1.807, 2.05) is 0 Å². The fourth-order valence-electron chi connectivity index (χ4n) is 2.13. The van der Waals surface area contributed by atoms with E-state index in [0.29, 0.717) is 4.47 Å². The predicted octanol–water partition coefficient (Wildman–Crippen LogP) is 3.17. The summed E-state index contributed by atoms with van der Waals surface area (Å²) in [5.41, 5.74) is -2.05. The number of pyridine rings is 1. The van der Waals surface area contributed by atoms with Gasteiger partial charge in [-0.3, -0.25) is 0 Å². The van der Waals surface area contributed by atoms with Crippen LogP contribution in [0.2, 0.25) is 0 Å². The number of amides is 1. The molecule has 0 saturated carbocycles. The lowest BCUT2D eigenvalue weighted by molar-refractivity contribution is -0.164. The van der Waals surface area contributed by atoms with Gasteiger partial charge in [-0.25, -0.2) is 20.1 Å². The number of carbonyl (C=O) groups is 1. The number of nitrogens with one attached hydrogen (secondary N) is 1. The van der Waals surface area contributed by atoms with Crippen molar-refractivity contribution in [2.75, 3.05) is 0 Å². The van der Waals surface area contributed by atoms with Gasteiger partial charge in [0.05, 0.1) is 5.56 Å². The van der Waals surface area contributed by atoms with Crippen molar-refractivity contribution in [2.24, 2.45) is 4.99 Å². The van der Waals surface area contributed by atoms with Gasteiger partial charge in [0.1, 0.15) is 5.60 Å². The molecule has 0 fully saturated rings. The minimum Gasteiger partial charge on any atom is -0.465 e. The Morgan fingerprint density at radius 1 is 1.57 bits per heavy atom. The number of aliphatic imine (C=N–C) groups is 1. The Bertz CT molecular complexity index is 667. The molecule has 1 aromatic heterocycles. The van der Waals surface area contributed by atoms with Gasteiger partial charge in [-0.2, -0.15) is 17.6 Å². The summed E-state index contributed by atoms with van der Waals surface area (Å²) in [5.74, 6) is -1.02. The van der Waals surface area contributed by atoms with E-state index in [4.69, 9.17) is 9.84 Å². The van der Waals surface area contributed by atoms with Crippen molar-refractivity contribution in [3.05, 3.63) is 28.2 Å². The second-order valence-corrected chi connectivity index (χ2v) is 5.87. The van der Waals surface area contributed by atoms with Crippen molar-refractivity contribution >= 4 is 28.0 Å². The molecule has 0 radical (unpaired) electrons. The second-order valence-electron chi connectivity index (χ2n) is 4.95. The first kappa shape index (κ1) is 17.4. The second kappa shape index (κ2) is 5.95. The summed E-state index contributed by atoms with van der Waals surface area (Å²) in [6.07, 6.45) is -5.98. The quantitative estimate of drug-likeness (QED) is 0.561. The highest BCUT2D eigenvalue weighted by Gasteiger charge is 2.50. The Balaban J connectivity index is 2.48. The summed E-state index contributed by atoms with van der Waals surface area (Å²) in [6, 6.07) is -1.88. The van der Waals surface area contributed by atoms with Crippen LogP contribution in [0.25, 0.3) is 0 Å². The third kappa shape index (κ3) is 3.89. The Hall–Kier alpha value is -1.91. The molecular formula is C12H10BrF4N3O3. The molecule has 126 valence electrons. The lowest BCUT2D eigenvalue weighted by Crippen LogP contribution is -2.48. The van der Waals surface area contributed by atoms with Gasteiger partial charge < -0.3 is 9.84 Å². The topological polar surface area (TPSA) is 83.8 Å². The molecule has 1 aliphatic rings. The normalized spacial score (nSPS) is 24.6. The number of aromatic nitrogens is 1. The van der Waals surface area contributed by atoms with Crippen molar-refractivity contribution in [3.8, 4) is 0 Å². The maximum atomic E-state index is 13.9. The van der Waals surface area contributed by atoms with Crippen molar-refractivity contribution in [2.45, 2.75) is 31.2 Å². The Labute approximate surface area is 135 Å². The molecule has 2 heterocycles. The minimum atomic E-state index is -4.74. The molecule has 1 aliphatic heterocycles. The van der Waals surface area contributed by atoms with Crippen molar-refractivity contribution in [1.82, 2.24) is 10.3 Å². The van der Waals surface area contributed by atoms with Crippen LogP contribution in [0.4, 0.5) is 22.4 Å². The number of alkyl halides is 3. The van der Waals surface area contributed by atoms with Crippen LogP contribution in [0.15, 0.2) is 21.7 Å². The van der Waals surface area contributed by atoms with E-state index in [-0.39, 0.29) is 5.56 Å². The zero-order valence-electron chi connectivity index (χ0n) is 11.5. The maximum Gasteiger partial charge on any atom is 0.412 e. The summed E-state index contributed by atoms with van der Waals surface area (Å²) in [7, 11) is 0. The number of rotatable bonds is 1. The average Bonchev–Trinajstić information content (AvgIpc) is 2.39. The first-order chi connectivity index (χ1) is 10.5. The van der Waals surface area contributed by atoms with Gasteiger partial charge in [0.25, 0.3) is 6.02 Å². The number of ether oxygens (including phenoxy) is 1. The Kier molecular flexibility index (Phi) is 4.51. The molecule has 0 aromatic carbocycles. The van der Waals surface area contributed by atoms with Gasteiger partial charge in [-0.15, -0.1) is 0 Å². The van der Waals surface area contributed by atoms with Gasteiger partial charge in [0.2, 0.25) is 5.95 Å². The molecule has 0 bridgehead atoms. The number of hydrogen-bond acceptors (Lipinski definition) is 4. The zero-order chi connectivity index (χ0) is 17.4. The van der Waals surface area contributed by atoms with Crippen LogP contribution in [-0.4, -0.2) is 34.4 Å². The Morgan fingerprint density at radius 3 is 2.78 bits per heavy atom. The summed E-state index contributed by atoms with van der Waals surface area (Å²) in [6.45, 7) is 1.20. The molecule has 0 aliphatic carbocycles. The number of halogens is 5. The summed E-state index contributed by atoms with van der Waals surface area (Å²) in [5, 5.41) is 10.3. The molecule has 1 aromatic rings. The molecule has 0 saturated heterocycles. The first-order valence-electron chi connectivity index (χ1n) is 6.16. The molecular weight excluding hydrogens is 390 g/mol. The van der Waals surface area contributed by atoms with Crippen LogP contribution >= 0.6 is 15.9 Å². The van der Waals surface area contributed by atoms with Crippen LogP contribution in [-0.2, 0) is 10.3 Å². The van der Waals surface area contributed by atoms with E-state index in [0.717, 1.165) is 6.20 Å². The fourth-order valence-corrected chi connectivity index (χ4v) is 2.47. The van der Waals surface area contributed by atoms with E-state index in [1.165, 1.54) is 13.0 Å². The highest BCUT2D eigenvalue weighted by molar-refractivity contribution is 9.10. The molecule has 0 unspecified atom stereocenters. The smallest absolute Gasteiger partial charge is 0.412 e. The van der Waals surface area contributed by atoms with Gasteiger partial charge in [-0.05, 0) is 28.9 Å². The molecule has 2 atom stereocenters. The van der Waals surface area contributed by atoms with Gasteiger partial charge in [0.15, 0.2) is 6.04 Å². The number of amidine groups is 1. The molecule has 2 rings (SSSR count). The van der Waals surface area contributed by atoms with Crippen LogP contribution in [0.1, 0.15) is 18.9 Å². The molecule has 2 N–H and O–H groups in total. The summed E-state index contributed by atoms with van der Waals surface area (Å²) >= 11 is 3.05. The standard InChI is InChI=1S/C12H10BrF4N3O3/c1-11(6-2-5(13)4-18-8(6)14)3-7(12(15,16)17)19-9(23-11)20-10(21)22/h2,4,7H,3H2,1H3,(H,19,20)(H,21,22)/t7-,11-/m0/s1. The van der Waals surface area contributed by atoms with Crippen LogP contribution < -0.4 is 5.32 Å². The Morgan fingerprint density at radius 2 is 2.22 bits per heavy atom. The molecule has 23 heavy (non-hydrogen) atoms. The fraction of sp³-hybridized carbons (Fsp3) is 0.417. The van der Waals surface area contributed by atoms with E-state index in [9.17, 15) is 22.4 Å². The largest absolute Gasteiger partial charge is 0.465 e. The highest BCUT2D eigenvalue weighted by atomic mass is 79.9. The third-order valence-corrected chi connectivity index (χ3v) is 3.58. The van der Waals surface area contributed by atoms with E-state index in [2.05, 4.69) is 25.9 Å². The van der Waals surface area contributed by atoms with E-state index >= 15 is 0 Å². The predicted molar refractivity (Wildman–Crippen MR) is 73.4 cm³/mol. The number of carboxylic acid groups (broad SMARTS) is 1. The van der Waals surface area contributed by atoms with Gasteiger partial charge in [0, 0.05) is 17.1 Å². The maximum absolute atomic E-state index is 13.9. The molecule has 0 spiro atoms. The molecule has 1 amide bonds. The monoisotopic (exact) mass is 399 g/mol. The summed E-state index contributed by atoms with van der Waals surface area (Å²) < 4.78 is 58.6. The minimum absolute atomic E-state index is 0.249. The third-order valence-electron chi connectivity index (χ3n) is 3.15. The molecule has 11 heteroatoms. The number of hydrogen-bond donors (Lipinski definition) is 2. The van der Waals surface area contributed by atoms with Gasteiger partial charge >= 0.3 is 12.3 Å². The van der Waals surface area contributed by atoms with E-state index in [1.54, 1.807) is 5.32 Å². The SMILES string of the molecule is C[C@@]1(c2cc(Br)cnc2F)C[C@@H](C(F)(F)F)N=C(NC(=O)O)O1. The van der Waals surface area contributed by atoms with Crippen molar-refractivity contribution < 1.29 is 32.2 Å². The average molecular weight is 400 g/mol. The summed E-state index contributed by atoms with van der Waals surface area (Å²) in [4.78, 5) is 17.3. The number of nitrogens with zero attached hydrogens (tertiary/aromatic N) is 2. The lowest BCUT2D eigenvalue weighted by Gasteiger charge is -2.37. The first-order valence-corrected chi connectivity index (χ1v) is 6.95. The van der Waals surface area contributed by atoms with Crippen LogP contribution in [0.5, 0.6) is 0 Å². The van der Waals surface area contributed by atoms with E-state index < -0.39 is 42.3 Å². The van der Waals surface area contributed by atoms with Crippen molar-refractivity contribution in [1.29, 1.82) is 0 Å². The van der Waals surface area contributed by atoms with Gasteiger partial charge in [-0.1, -0.05) is 0 Å². The zero-order valence-corrected chi connectivity index (χ0v) is 13.1. The lowest BCUT2D eigenvalue weighted by atomic mass is 9.88. The highest BCUT2D eigenvalue weighted by Crippen LogP contribution is 2.41. The van der Waals surface area contributed by atoms with Crippen molar-refractivity contribution in [3.63, 3.8) is 0 Å².